The van der Waals surface area contributed by atoms with E-state index in [4.69, 9.17) is 4.18 Å². The molecule has 1 fully saturated rings. The molecule has 3 aromatic rings. The van der Waals surface area contributed by atoms with E-state index in [2.05, 4.69) is 18.1 Å². The van der Waals surface area contributed by atoms with E-state index in [1.165, 1.54) is 6.07 Å². The van der Waals surface area contributed by atoms with Crippen molar-refractivity contribution >= 4 is 21.0 Å². The molecular formula is C21H22F2N2O3S. The minimum absolute atomic E-state index is 0.0709. The predicted molar refractivity (Wildman–Crippen MR) is 107 cm³/mol. The monoisotopic (exact) mass is 420 g/mol. The maximum Gasteiger partial charge on any atom is 0.342 e. The summed E-state index contributed by atoms with van der Waals surface area (Å²) < 4.78 is 59.6. The molecule has 1 aromatic heterocycles. The molecule has 154 valence electrons. The molecule has 2 aromatic carbocycles. The van der Waals surface area contributed by atoms with Crippen molar-refractivity contribution in [2.45, 2.75) is 23.7 Å². The first kappa shape index (κ1) is 19.8. The summed E-state index contributed by atoms with van der Waals surface area (Å²) in [6.45, 7) is 2.01. The van der Waals surface area contributed by atoms with Gasteiger partial charge in [-0.25, -0.2) is 8.78 Å². The average molecular weight is 420 g/mol. The van der Waals surface area contributed by atoms with Gasteiger partial charge in [-0.3, -0.25) is 0 Å². The van der Waals surface area contributed by atoms with Crippen molar-refractivity contribution in [3.8, 4) is 5.75 Å². The summed E-state index contributed by atoms with van der Waals surface area (Å²) in [4.78, 5) is 1.47. The normalized spacial score (nSPS) is 16.4. The fourth-order valence-electron chi connectivity index (χ4n) is 3.95. The SMILES string of the molecule is CN1CCC(c2cn(C)c3ccc(OS(=O)(=O)c4cccc(F)c4F)cc23)CC1. The van der Waals surface area contributed by atoms with Crippen LogP contribution in [0, 0.1) is 11.6 Å². The average Bonchev–Trinajstić information content (AvgIpc) is 3.00. The molecule has 0 N–H and O–H groups in total. The van der Waals surface area contributed by atoms with E-state index in [0.717, 1.165) is 60.6 Å². The summed E-state index contributed by atoms with van der Waals surface area (Å²) in [5, 5.41) is 0.912. The standard InChI is InChI=1S/C21H22F2N2O3S/c1-24-10-8-14(9-11-24)17-13-25(2)19-7-6-15(12-16(17)19)28-29(26,27)20-5-3-4-18(22)21(20)23/h3-7,12-14H,8-11H2,1-2H3. The molecule has 1 aliphatic heterocycles. The zero-order valence-corrected chi connectivity index (χ0v) is 17.0. The van der Waals surface area contributed by atoms with Crippen LogP contribution < -0.4 is 4.18 Å². The van der Waals surface area contributed by atoms with Crippen LogP contribution in [0.4, 0.5) is 8.78 Å². The van der Waals surface area contributed by atoms with Gasteiger partial charge in [-0.15, -0.1) is 0 Å². The number of piperidine rings is 1. The van der Waals surface area contributed by atoms with Gasteiger partial charge in [-0.2, -0.15) is 8.42 Å². The first-order valence-electron chi connectivity index (χ1n) is 9.42. The summed E-state index contributed by atoms with van der Waals surface area (Å²) in [6, 6.07) is 7.94. The smallest absolute Gasteiger partial charge is 0.342 e. The van der Waals surface area contributed by atoms with Crippen molar-refractivity contribution in [1.29, 1.82) is 0 Å². The van der Waals surface area contributed by atoms with Gasteiger partial charge in [0.2, 0.25) is 0 Å². The Balaban J connectivity index is 1.70. The van der Waals surface area contributed by atoms with E-state index in [1.54, 1.807) is 12.1 Å². The molecular weight excluding hydrogens is 398 g/mol. The van der Waals surface area contributed by atoms with Crippen molar-refractivity contribution in [3.63, 3.8) is 0 Å². The Bertz CT molecular complexity index is 1170. The third-order valence-corrected chi connectivity index (χ3v) is 6.81. The highest BCUT2D eigenvalue weighted by molar-refractivity contribution is 7.87. The van der Waals surface area contributed by atoms with E-state index in [0.29, 0.717) is 5.92 Å². The Morgan fingerprint density at radius 1 is 1.07 bits per heavy atom. The number of nitrogens with zero attached hydrogens (tertiary/aromatic N) is 2. The summed E-state index contributed by atoms with van der Waals surface area (Å²) >= 11 is 0. The summed E-state index contributed by atoms with van der Waals surface area (Å²) in [7, 11) is -0.458. The van der Waals surface area contributed by atoms with E-state index in [9.17, 15) is 17.2 Å². The molecule has 0 saturated carbocycles. The highest BCUT2D eigenvalue weighted by Crippen LogP contribution is 2.36. The minimum Gasteiger partial charge on any atom is -0.379 e. The van der Waals surface area contributed by atoms with Gasteiger partial charge in [0, 0.05) is 24.1 Å². The second-order valence-corrected chi connectivity index (χ2v) is 9.06. The molecule has 29 heavy (non-hydrogen) atoms. The number of benzene rings is 2. The lowest BCUT2D eigenvalue weighted by atomic mass is 9.89. The number of likely N-dealkylation sites (tertiary alicyclic amines) is 1. The molecule has 0 amide bonds. The lowest BCUT2D eigenvalue weighted by molar-refractivity contribution is 0.256. The van der Waals surface area contributed by atoms with E-state index < -0.39 is 26.6 Å². The molecule has 1 saturated heterocycles. The van der Waals surface area contributed by atoms with Crippen LogP contribution in [0.25, 0.3) is 10.9 Å². The van der Waals surface area contributed by atoms with E-state index in [1.807, 2.05) is 11.6 Å². The topological polar surface area (TPSA) is 51.5 Å². The van der Waals surface area contributed by atoms with Gasteiger partial charge < -0.3 is 13.7 Å². The zero-order chi connectivity index (χ0) is 20.8. The Labute approximate surface area is 168 Å². The number of aromatic nitrogens is 1. The van der Waals surface area contributed by atoms with Crippen LogP contribution in [0.5, 0.6) is 5.75 Å². The van der Waals surface area contributed by atoms with Crippen LogP contribution in [0.2, 0.25) is 0 Å². The van der Waals surface area contributed by atoms with Crippen molar-refractivity contribution in [3.05, 3.63) is 59.8 Å². The van der Waals surface area contributed by atoms with Gasteiger partial charge in [0.15, 0.2) is 11.6 Å². The summed E-state index contributed by atoms with van der Waals surface area (Å²) in [6.07, 6.45) is 4.12. The van der Waals surface area contributed by atoms with E-state index in [-0.39, 0.29) is 5.75 Å². The highest BCUT2D eigenvalue weighted by atomic mass is 32.2. The summed E-state index contributed by atoms with van der Waals surface area (Å²) in [5.74, 6) is -2.23. The maximum absolute atomic E-state index is 14.0. The Kier molecular flexibility index (Phi) is 5.08. The highest BCUT2D eigenvalue weighted by Gasteiger charge is 2.25. The van der Waals surface area contributed by atoms with Crippen LogP contribution in [-0.2, 0) is 17.2 Å². The molecule has 5 nitrogen and oxygen atoms in total. The van der Waals surface area contributed by atoms with Crippen LogP contribution in [0.3, 0.4) is 0 Å². The minimum atomic E-state index is -4.50. The first-order valence-corrected chi connectivity index (χ1v) is 10.8. The number of hydrogen-bond donors (Lipinski definition) is 0. The molecule has 0 bridgehead atoms. The van der Waals surface area contributed by atoms with E-state index >= 15 is 0 Å². The lowest BCUT2D eigenvalue weighted by Crippen LogP contribution is -2.29. The molecule has 0 radical (unpaired) electrons. The van der Waals surface area contributed by atoms with Crippen LogP contribution >= 0.6 is 0 Å². The van der Waals surface area contributed by atoms with Gasteiger partial charge in [0.1, 0.15) is 10.6 Å². The lowest BCUT2D eigenvalue weighted by Gasteiger charge is -2.28. The molecule has 8 heteroatoms. The van der Waals surface area contributed by atoms with Gasteiger partial charge >= 0.3 is 10.1 Å². The molecule has 0 aliphatic carbocycles. The fourth-order valence-corrected chi connectivity index (χ4v) is 4.96. The van der Waals surface area contributed by atoms with Crippen molar-refractivity contribution in [1.82, 2.24) is 9.47 Å². The summed E-state index contributed by atoms with van der Waals surface area (Å²) in [5.41, 5.74) is 2.11. The third-order valence-electron chi connectivity index (χ3n) is 5.54. The van der Waals surface area contributed by atoms with Crippen molar-refractivity contribution in [2.75, 3.05) is 20.1 Å². The molecule has 0 spiro atoms. The Morgan fingerprint density at radius 3 is 2.52 bits per heavy atom. The predicted octanol–water partition coefficient (Wildman–Crippen LogP) is 4.03. The largest absolute Gasteiger partial charge is 0.379 e. The molecule has 1 aliphatic rings. The molecule has 0 unspecified atom stereocenters. The van der Waals surface area contributed by atoms with Gasteiger partial charge in [0.25, 0.3) is 0 Å². The first-order chi connectivity index (χ1) is 13.8. The number of hydrogen-bond acceptors (Lipinski definition) is 4. The second-order valence-electron chi connectivity index (χ2n) is 7.54. The Morgan fingerprint density at radius 2 is 1.79 bits per heavy atom. The van der Waals surface area contributed by atoms with Gasteiger partial charge in [0.05, 0.1) is 0 Å². The quantitative estimate of drug-likeness (QED) is 0.598. The molecule has 2 heterocycles. The van der Waals surface area contributed by atoms with Gasteiger partial charge in [-0.1, -0.05) is 6.07 Å². The zero-order valence-electron chi connectivity index (χ0n) is 16.2. The van der Waals surface area contributed by atoms with Crippen LogP contribution in [0.1, 0.15) is 24.3 Å². The second kappa shape index (κ2) is 7.42. The number of halogens is 2. The molecule has 0 atom stereocenters. The van der Waals surface area contributed by atoms with Crippen LogP contribution in [0.15, 0.2) is 47.5 Å². The van der Waals surface area contributed by atoms with Gasteiger partial charge in [-0.05, 0) is 74.8 Å². The Hall–Kier alpha value is -2.45. The number of fused-ring (bicyclic) bond motifs is 1. The fraction of sp³-hybridized carbons (Fsp3) is 0.333. The molecule has 4 rings (SSSR count). The third kappa shape index (κ3) is 3.74. The number of aryl methyl sites for hydroxylation is 1. The van der Waals surface area contributed by atoms with Crippen molar-refractivity contribution < 1.29 is 21.4 Å². The maximum atomic E-state index is 14.0. The van der Waals surface area contributed by atoms with Crippen molar-refractivity contribution in [2.24, 2.45) is 7.05 Å². The van der Waals surface area contributed by atoms with Crippen LogP contribution in [-0.4, -0.2) is 38.0 Å². The number of rotatable bonds is 4.